The van der Waals surface area contributed by atoms with Gasteiger partial charge >= 0.3 is 0 Å². The Bertz CT molecular complexity index is 856. The number of piperidine rings is 1. The van der Waals surface area contributed by atoms with Gasteiger partial charge in [0.25, 0.3) is 5.91 Å². The summed E-state index contributed by atoms with van der Waals surface area (Å²) in [4.78, 5) is 24.6. The fourth-order valence-electron chi connectivity index (χ4n) is 3.26. The maximum Gasteiger partial charge on any atom is 0.263 e. The Balaban J connectivity index is 1.37. The molecule has 1 aliphatic rings. The maximum absolute atomic E-state index is 12.6. The summed E-state index contributed by atoms with van der Waals surface area (Å²) in [7, 11) is 0. The average Bonchev–Trinajstić information content (AvgIpc) is 3.40. The molecule has 4 rings (SSSR count). The maximum atomic E-state index is 12.6. The lowest BCUT2D eigenvalue weighted by molar-refractivity contribution is 0.0949. The van der Waals surface area contributed by atoms with E-state index in [0.717, 1.165) is 41.9 Å². The summed E-state index contributed by atoms with van der Waals surface area (Å²) < 4.78 is 1.93. The predicted molar refractivity (Wildman–Crippen MR) is 106 cm³/mol. The summed E-state index contributed by atoms with van der Waals surface area (Å²) in [5.74, 6) is 0.429. The van der Waals surface area contributed by atoms with Gasteiger partial charge in [0.1, 0.15) is 4.88 Å². The highest BCUT2D eigenvalue weighted by atomic mass is 32.1. The molecule has 3 aromatic rings. The summed E-state index contributed by atoms with van der Waals surface area (Å²) in [5, 5.41) is 7.03. The Labute approximate surface area is 160 Å². The first-order valence-corrected chi connectivity index (χ1v) is 10.4. The van der Waals surface area contributed by atoms with Crippen molar-refractivity contribution in [2.75, 3.05) is 24.5 Å². The van der Waals surface area contributed by atoms with Crippen LogP contribution in [-0.2, 0) is 0 Å². The highest BCUT2D eigenvalue weighted by Gasteiger charge is 2.23. The van der Waals surface area contributed by atoms with E-state index in [2.05, 4.69) is 20.2 Å². The van der Waals surface area contributed by atoms with Gasteiger partial charge in [-0.2, -0.15) is 0 Å². The van der Waals surface area contributed by atoms with E-state index in [1.54, 1.807) is 11.3 Å². The number of thiazole rings is 2. The molecule has 136 valence electrons. The van der Waals surface area contributed by atoms with E-state index in [1.807, 2.05) is 47.6 Å². The number of carbonyl (C=O) groups is 1. The van der Waals surface area contributed by atoms with E-state index in [0.29, 0.717) is 17.3 Å². The van der Waals surface area contributed by atoms with Crippen LogP contribution in [0.4, 0.5) is 5.13 Å². The van der Waals surface area contributed by atoms with Crippen molar-refractivity contribution in [2.45, 2.75) is 19.8 Å². The first-order valence-electron chi connectivity index (χ1n) is 8.74. The van der Waals surface area contributed by atoms with E-state index in [9.17, 15) is 4.79 Å². The van der Waals surface area contributed by atoms with Crippen molar-refractivity contribution in [1.82, 2.24) is 19.9 Å². The van der Waals surface area contributed by atoms with E-state index in [4.69, 9.17) is 0 Å². The number of hydrogen-bond acceptors (Lipinski definition) is 6. The van der Waals surface area contributed by atoms with Crippen molar-refractivity contribution >= 4 is 33.7 Å². The van der Waals surface area contributed by atoms with Crippen LogP contribution < -0.4 is 10.2 Å². The molecule has 8 heteroatoms. The monoisotopic (exact) mass is 387 g/mol. The molecule has 1 atom stereocenters. The minimum absolute atomic E-state index is 0.0234. The lowest BCUT2D eigenvalue weighted by Crippen LogP contribution is -2.41. The van der Waals surface area contributed by atoms with Crippen molar-refractivity contribution in [3.05, 3.63) is 46.7 Å². The molecule has 4 heterocycles. The van der Waals surface area contributed by atoms with Gasteiger partial charge in [0.2, 0.25) is 0 Å². The molecule has 26 heavy (non-hydrogen) atoms. The fourth-order valence-corrected chi connectivity index (χ4v) is 4.89. The second kappa shape index (κ2) is 7.59. The SMILES string of the molecule is Cc1nc(-n2cccc2)sc1C(=O)NCC1CCCN(c2nccs2)C1. The zero-order valence-corrected chi connectivity index (χ0v) is 16.2. The van der Waals surface area contributed by atoms with E-state index < -0.39 is 0 Å². The second-order valence-corrected chi connectivity index (χ2v) is 8.33. The van der Waals surface area contributed by atoms with Gasteiger partial charge in [0, 0.05) is 43.6 Å². The van der Waals surface area contributed by atoms with Gasteiger partial charge in [-0.15, -0.1) is 11.3 Å². The van der Waals surface area contributed by atoms with Gasteiger partial charge in [-0.25, -0.2) is 9.97 Å². The molecule has 0 aliphatic carbocycles. The van der Waals surface area contributed by atoms with Crippen LogP contribution in [0.15, 0.2) is 36.1 Å². The molecule has 3 aromatic heterocycles. The van der Waals surface area contributed by atoms with Gasteiger partial charge in [0.05, 0.1) is 5.69 Å². The van der Waals surface area contributed by atoms with Crippen molar-refractivity contribution in [3.63, 3.8) is 0 Å². The average molecular weight is 388 g/mol. The summed E-state index contributed by atoms with van der Waals surface area (Å²) in [5.41, 5.74) is 0.782. The molecule has 1 fully saturated rings. The Hall–Kier alpha value is -2.19. The smallest absolute Gasteiger partial charge is 0.263 e. The highest BCUT2D eigenvalue weighted by Crippen LogP contribution is 2.25. The third-order valence-electron chi connectivity index (χ3n) is 4.58. The van der Waals surface area contributed by atoms with Crippen molar-refractivity contribution in [3.8, 4) is 5.13 Å². The number of anilines is 1. The van der Waals surface area contributed by atoms with Gasteiger partial charge in [0.15, 0.2) is 10.3 Å². The van der Waals surface area contributed by atoms with Gasteiger partial charge in [-0.3, -0.25) is 4.79 Å². The molecule has 1 N–H and O–H groups in total. The number of aromatic nitrogens is 3. The summed E-state index contributed by atoms with van der Waals surface area (Å²) in [6.45, 7) is 4.58. The zero-order chi connectivity index (χ0) is 17.9. The molecule has 1 aliphatic heterocycles. The van der Waals surface area contributed by atoms with Gasteiger partial charge < -0.3 is 14.8 Å². The topological polar surface area (TPSA) is 63.1 Å². The standard InChI is InChI=1S/C18H21N5OS2/c1-13-15(26-18(21-13)22-7-2-3-8-22)16(24)20-11-14-5-4-9-23(12-14)17-19-6-10-25-17/h2-3,6-8,10,14H,4-5,9,11-12H2,1H3,(H,20,24). The van der Waals surface area contributed by atoms with Crippen molar-refractivity contribution < 1.29 is 4.79 Å². The molecule has 6 nitrogen and oxygen atoms in total. The second-order valence-electron chi connectivity index (χ2n) is 6.48. The third kappa shape index (κ3) is 3.66. The van der Waals surface area contributed by atoms with E-state index in [-0.39, 0.29) is 5.91 Å². The molecule has 0 spiro atoms. The van der Waals surface area contributed by atoms with Crippen LogP contribution >= 0.6 is 22.7 Å². The van der Waals surface area contributed by atoms with E-state index in [1.165, 1.54) is 11.3 Å². The molecular formula is C18H21N5OS2. The summed E-state index contributed by atoms with van der Waals surface area (Å²) >= 11 is 3.11. The molecule has 0 radical (unpaired) electrons. The first-order chi connectivity index (χ1) is 12.7. The van der Waals surface area contributed by atoms with Crippen molar-refractivity contribution in [1.29, 1.82) is 0 Å². The number of aryl methyl sites for hydroxylation is 1. The normalized spacial score (nSPS) is 17.4. The van der Waals surface area contributed by atoms with Crippen LogP contribution in [-0.4, -0.2) is 40.1 Å². The molecular weight excluding hydrogens is 366 g/mol. The van der Waals surface area contributed by atoms with Gasteiger partial charge in [-0.1, -0.05) is 11.3 Å². The van der Waals surface area contributed by atoms with Gasteiger partial charge in [-0.05, 0) is 37.8 Å². The van der Waals surface area contributed by atoms with Crippen molar-refractivity contribution in [2.24, 2.45) is 5.92 Å². The fraction of sp³-hybridized carbons (Fsp3) is 0.389. The molecule has 0 bridgehead atoms. The number of hydrogen-bond donors (Lipinski definition) is 1. The quantitative estimate of drug-likeness (QED) is 0.729. The number of nitrogens with zero attached hydrogens (tertiary/aromatic N) is 4. The predicted octanol–water partition coefficient (Wildman–Crippen LogP) is 3.35. The molecule has 1 amide bonds. The minimum atomic E-state index is -0.0234. The highest BCUT2D eigenvalue weighted by molar-refractivity contribution is 7.16. The summed E-state index contributed by atoms with van der Waals surface area (Å²) in [6, 6.07) is 3.90. The Morgan fingerprint density at radius 2 is 2.19 bits per heavy atom. The number of rotatable bonds is 5. The lowest BCUT2D eigenvalue weighted by Gasteiger charge is -2.32. The van der Waals surface area contributed by atoms with Crippen LogP contribution in [0.3, 0.4) is 0 Å². The van der Waals surface area contributed by atoms with Crippen LogP contribution in [0.25, 0.3) is 5.13 Å². The molecule has 1 saturated heterocycles. The Morgan fingerprint density at radius 1 is 1.35 bits per heavy atom. The zero-order valence-electron chi connectivity index (χ0n) is 14.6. The van der Waals surface area contributed by atoms with Crippen LogP contribution in [0, 0.1) is 12.8 Å². The largest absolute Gasteiger partial charge is 0.351 e. The Morgan fingerprint density at radius 3 is 2.96 bits per heavy atom. The molecule has 0 aromatic carbocycles. The number of carbonyl (C=O) groups excluding carboxylic acids is 1. The van der Waals surface area contributed by atoms with Crippen LogP contribution in [0.5, 0.6) is 0 Å². The number of amides is 1. The molecule has 1 unspecified atom stereocenters. The Kier molecular flexibility index (Phi) is 5.03. The summed E-state index contributed by atoms with van der Waals surface area (Å²) in [6.07, 6.45) is 8.00. The van der Waals surface area contributed by atoms with Crippen LogP contribution in [0.1, 0.15) is 28.2 Å². The van der Waals surface area contributed by atoms with E-state index >= 15 is 0 Å². The minimum Gasteiger partial charge on any atom is -0.351 e. The number of nitrogens with one attached hydrogen (secondary N) is 1. The molecule has 0 saturated carbocycles. The first kappa shape index (κ1) is 17.2. The third-order valence-corrected chi connectivity index (χ3v) is 6.58. The van der Waals surface area contributed by atoms with Crippen LogP contribution in [0.2, 0.25) is 0 Å². The lowest BCUT2D eigenvalue weighted by atomic mass is 9.98.